The highest BCUT2D eigenvalue weighted by molar-refractivity contribution is 5.78. The van der Waals surface area contributed by atoms with Gasteiger partial charge in [-0.1, -0.05) is 6.07 Å². The van der Waals surface area contributed by atoms with Gasteiger partial charge in [-0.3, -0.25) is 14.7 Å². The minimum absolute atomic E-state index is 0.146. The summed E-state index contributed by atoms with van der Waals surface area (Å²) in [6, 6.07) is 7.37. The summed E-state index contributed by atoms with van der Waals surface area (Å²) in [6.45, 7) is 11.7. The fraction of sp³-hybridized carbons (Fsp3) is 0.727. The molecule has 0 saturated carbocycles. The highest BCUT2D eigenvalue weighted by Gasteiger charge is 2.31. The minimum atomic E-state index is 0.146. The number of piperidine rings is 2. The Morgan fingerprint density at radius 3 is 2.70 bits per heavy atom. The van der Waals surface area contributed by atoms with Gasteiger partial charge in [-0.2, -0.15) is 0 Å². The molecule has 27 heavy (non-hydrogen) atoms. The molecule has 1 N–H and O–H groups in total. The Bertz CT molecular complexity index is 610. The highest BCUT2D eigenvalue weighted by Crippen LogP contribution is 2.24. The van der Waals surface area contributed by atoms with Gasteiger partial charge in [-0.15, -0.1) is 0 Å². The van der Waals surface area contributed by atoms with E-state index in [1.165, 1.54) is 25.9 Å². The Kier molecular flexibility index (Phi) is 7.25. The standard InChI is InChI=1S/C22H36N4O/c1-17(2)25-14-10-21(11-15-25)26-13-5-7-19(16-26)22(27)23-12-9-20-8-4-6-18(3)24-20/h4,6,8,17,19,21H,5,7,9-16H2,1-3H3,(H,23,27). The fourth-order valence-electron chi connectivity index (χ4n) is 4.52. The van der Waals surface area contributed by atoms with Gasteiger partial charge in [0, 0.05) is 43.0 Å². The first-order valence-electron chi connectivity index (χ1n) is 10.7. The zero-order valence-corrected chi connectivity index (χ0v) is 17.3. The number of pyridine rings is 1. The number of aromatic nitrogens is 1. The molecule has 2 aliphatic heterocycles. The molecule has 0 radical (unpaired) electrons. The van der Waals surface area contributed by atoms with Crippen LogP contribution in [0.5, 0.6) is 0 Å². The second-order valence-corrected chi connectivity index (χ2v) is 8.51. The molecule has 3 rings (SSSR count). The summed E-state index contributed by atoms with van der Waals surface area (Å²) in [5.41, 5.74) is 2.09. The van der Waals surface area contributed by atoms with Crippen molar-refractivity contribution >= 4 is 5.91 Å². The van der Waals surface area contributed by atoms with Gasteiger partial charge < -0.3 is 10.2 Å². The summed E-state index contributed by atoms with van der Waals surface area (Å²) in [5.74, 6) is 0.374. The number of nitrogens with one attached hydrogen (secondary N) is 1. The van der Waals surface area contributed by atoms with Crippen molar-refractivity contribution in [3.05, 3.63) is 29.6 Å². The van der Waals surface area contributed by atoms with Crippen LogP contribution in [0.15, 0.2) is 18.2 Å². The number of hydrogen-bond donors (Lipinski definition) is 1. The molecule has 2 fully saturated rings. The van der Waals surface area contributed by atoms with Gasteiger partial charge in [0.1, 0.15) is 0 Å². The van der Waals surface area contributed by atoms with Crippen molar-refractivity contribution in [3.63, 3.8) is 0 Å². The molecule has 150 valence electrons. The first-order valence-corrected chi connectivity index (χ1v) is 10.7. The predicted octanol–water partition coefficient (Wildman–Crippen LogP) is 2.63. The Morgan fingerprint density at radius 1 is 1.22 bits per heavy atom. The molecule has 3 heterocycles. The Hall–Kier alpha value is -1.46. The van der Waals surface area contributed by atoms with Crippen molar-refractivity contribution in [1.82, 2.24) is 20.1 Å². The molecule has 0 aliphatic carbocycles. The second-order valence-electron chi connectivity index (χ2n) is 8.51. The third kappa shape index (κ3) is 5.76. The molecule has 1 aromatic rings. The minimum Gasteiger partial charge on any atom is -0.355 e. The quantitative estimate of drug-likeness (QED) is 0.834. The number of rotatable bonds is 6. The van der Waals surface area contributed by atoms with E-state index in [0.717, 1.165) is 43.7 Å². The van der Waals surface area contributed by atoms with Gasteiger partial charge in [0.2, 0.25) is 5.91 Å². The van der Waals surface area contributed by atoms with Gasteiger partial charge in [-0.25, -0.2) is 0 Å². The van der Waals surface area contributed by atoms with Crippen LogP contribution in [0.1, 0.15) is 50.9 Å². The van der Waals surface area contributed by atoms with Crippen molar-refractivity contribution < 1.29 is 4.79 Å². The first kappa shape index (κ1) is 20.3. The molecule has 5 heteroatoms. The molecule has 2 saturated heterocycles. The maximum absolute atomic E-state index is 12.7. The van der Waals surface area contributed by atoms with Gasteiger partial charge >= 0.3 is 0 Å². The van der Waals surface area contributed by atoms with E-state index in [-0.39, 0.29) is 11.8 Å². The lowest BCUT2D eigenvalue weighted by molar-refractivity contribution is -0.127. The van der Waals surface area contributed by atoms with Crippen molar-refractivity contribution in [1.29, 1.82) is 0 Å². The molecular formula is C22H36N4O. The molecule has 5 nitrogen and oxygen atoms in total. The van der Waals surface area contributed by atoms with Gasteiger partial charge in [0.05, 0.1) is 5.92 Å². The normalized spacial score (nSPS) is 22.9. The van der Waals surface area contributed by atoms with Crippen LogP contribution in [0, 0.1) is 12.8 Å². The fourth-order valence-corrected chi connectivity index (χ4v) is 4.52. The third-order valence-corrected chi connectivity index (χ3v) is 6.20. The average molecular weight is 373 g/mol. The van der Waals surface area contributed by atoms with Gasteiger partial charge in [0.15, 0.2) is 0 Å². The molecule has 1 aromatic heterocycles. The van der Waals surface area contributed by atoms with Crippen molar-refractivity contribution in [2.75, 3.05) is 32.7 Å². The smallest absolute Gasteiger partial charge is 0.224 e. The predicted molar refractivity (Wildman–Crippen MR) is 110 cm³/mol. The van der Waals surface area contributed by atoms with E-state index in [1.54, 1.807) is 0 Å². The second kappa shape index (κ2) is 9.65. The Morgan fingerprint density at radius 2 is 2.00 bits per heavy atom. The first-order chi connectivity index (χ1) is 13.0. The summed E-state index contributed by atoms with van der Waals surface area (Å²) < 4.78 is 0. The molecule has 2 aliphatic rings. The van der Waals surface area contributed by atoms with Crippen LogP contribution in [-0.4, -0.2) is 65.5 Å². The van der Waals surface area contributed by atoms with Crippen LogP contribution >= 0.6 is 0 Å². The third-order valence-electron chi connectivity index (χ3n) is 6.20. The van der Waals surface area contributed by atoms with Gasteiger partial charge in [-0.05, 0) is 78.2 Å². The number of hydrogen-bond acceptors (Lipinski definition) is 4. The summed E-state index contributed by atoms with van der Waals surface area (Å²) in [6.07, 6.45) is 5.45. The number of amides is 1. The van der Waals surface area contributed by atoms with Crippen LogP contribution in [0.4, 0.5) is 0 Å². The summed E-state index contributed by atoms with van der Waals surface area (Å²) >= 11 is 0. The molecule has 0 aromatic carbocycles. The van der Waals surface area contributed by atoms with Crippen LogP contribution in [0.2, 0.25) is 0 Å². The van der Waals surface area contributed by atoms with Crippen LogP contribution < -0.4 is 5.32 Å². The molecule has 0 bridgehead atoms. The zero-order valence-electron chi connectivity index (χ0n) is 17.3. The van der Waals surface area contributed by atoms with E-state index in [2.05, 4.69) is 33.9 Å². The summed E-state index contributed by atoms with van der Waals surface area (Å²) in [4.78, 5) is 22.3. The topological polar surface area (TPSA) is 48.5 Å². The van der Waals surface area contributed by atoms with E-state index in [1.807, 2.05) is 25.1 Å². The largest absolute Gasteiger partial charge is 0.355 e. The monoisotopic (exact) mass is 372 g/mol. The average Bonchev–Trinajstić information content (AvgIpc) is 2.68. The van der Waals surface area contributed by atoms with Crippen molar-refractivity contribution in [2.45, 2.75) is 65.0 Å². The number of carbonyl (C=O) groups is 1. The maximum Gasteiger partial charge on any atom is 0.224 e. The van der Waals surface area contributed by atoms with Crippen LogP contribution in [-0.2, 0) is 11.2 Å². The zero-order chi connectivity index (χ0) is 19.2. The highest BCUT2D eigenvalue weighted by atomic mass is 16.1. The lowest BCUT2D eigenvalue weighted by atomic mass is 9.93. The lowest BCUT2D eigenvalue weighted by Gasteiger charge is -2.43. The maximum atomic E-state index is 12.7. The van der Waals surface area contributed by atoms with E-state index in [0.29, 0.717) is 18.6 Å². The van der Waals surface area contributed by atoms with Crippen molar-refractivity contribution in [3.8, 4) is 0 Å². The number of carbonyl (C=O) groups excluding carboxylic acids is 1. The van der Waals surface area contributed by atoms with Crippen molar-refractivity contribution in [2.24, 2.45) is 5.92 Å². The summed E-state index contributed by atoms with van der Waals surface area (Å²) in [5, 5.41) is 3.15. The lowest BCUT2D eigenvalue weighted by Crippen LogP contribution is -2.51. The van der Waals surface area contributed by atoms with Crippen LogP contribution in [0.25, 0.3) is 0 Å². The van der Waals surface area contributed by atoms with Gasteiger partial charge in [0.25, 0.3) is 0 Å². The number of aryl methyl sites for hydroxylation is 1. The molecule has 0 spiro atoms. The van der Waals surface area contributed by atoms with E-state index >= 15 is 0 Å². The Balaban J connectivity index is 1.43. The number of likely N-dealkylation sites (tertiary alicyclic amines) is 2. The van der Waals surface area contributed by atoms with Crippen LogP contribution in [0.3, 0.4) is 0 Å². The molecule has 1 amide bonds. The van der Waals surface area contributed by atoms with E-state index in [9.17, 15) is 4.79 Å². The molecule has 1 unspecified atom stereocenters. The summed E-state index contributed by atoms with van der Waals surface area (Å²) in [7, 11) is 0. The molecule has 1 atom stereocenters. The Labute approximate surface area is 164 Å². The van der Waals surface area contributed by atoms with E-state index in [4.69, 9.17) is 0 Å². The number of nitrogens with zero attached hydrogens (tertiary/aromatic N) is 3. The SMILES string of the molecule is Cc1cccc(CCNC(=O)C2CCCN(C3CCN(C(C)C)CC3)C2)n1. The molecular weight excluding hydrogens is 336 g/mol. The van der Waals surface area contributed by atoms with E-state index < -0.39 is 0 Å².